The Morgan fingerprint density at radius 1 is 0.836 bits per heavy atom. The molecule has 2 bridgehead atoms. The molecule has 2 saturated carbocycles. The Morgan fingerprint density at radius 3 is 1.99 bits per heavy atom. The summed E-state index contributed by atoms with van der Waals surface area (Å²) in [4.78, 5) is 98.1. The highest BCUT2D eigenvalue weighted by molar-refractivity contribution is 5.96. The van der Waals surface area contributed by atoms with Gasteiger partial charge in [-0.25, -0.2) is 14.4 Å². The van der Waals surface area contributed by atoms with Gasteiger partial charge in [-0.15, -0.1) is 0 Å². The summed E-state index contributed by atoms with van der Waals surface area (Å²) in [5, 5.41) is 28.8. The van der Waals surface area contributed by atoms with Crippen molar-refractivity contribution in [3.8, 4) is 0 Å². The fourth-order valence-electron chi connectivity index (χ4n) is 10.5. The topological polar surface area (TPSA) is 237 Å². The van der Waals surface area contributed by atoms with Crippen molar-refractivity contribution in [1.82, 2.24) is 5.32 Å². The lowest BCUT2D eigenvalue weighted by Gasteiger charge is -2.67. The van der Waals surface area contributed by atoms with Crippen molar-refractivity contribution < 1.29 is 76.9 Å². The zero-order chi connectivity index (χ0) is 48.6. The van der Waals surface area contributed by atoms with Crippen LogP contribution in [-0.2, 0) is 52.3 Å². The molecule has 17 heteroatoms. The van der Waals surface area contributed by atoms with Crippen molar-refractivity contribution in [2.75, 3.05) is 13.2 Å². The number of Topliss-reactive ketones (excluding diaryl/α,β-unsaturated/α-hetero) is 1. The monoisotopic (exact) mass is 925 g/mol. The molecule has 7 rings (SSSR count). The van der Waals surface area contributed by atoms with Crippen LogP contribution in [0.4, 0.5) is 4.79 Å². The molecule has 0 radical (unpaired) electrons. The smallest absolute Gasteiger partial charge is 0.455 e. The molecule has 3 aliphatic carbocycles. The van der Waals surface area contributed by atoms with Gasteiger partial charge in [0.05, 0.1) is 36.2 Å². The van der Waals surface area contributed by atoms with Crippen LogP contribution in [0.25, 0.3) is 0 Å². The predicted molar refractivity (Wildman–Crippen MR) is 234 cm³/mol. The van der Waals surface area contributed by atoms with Crippen molar-refractivity contribution >= 4 is 41.7 Å². The van der Waals surface area contributed by atoms with E-state index in [1.807, 2.05) is 0 Å². The van der Waals surface area contributed by atoms with E-state index in [4.69, 9.17) is 33.2 Å². The van der Waals surface area contributed by atoms with Gasteiger partial charge in [-0.1, -0.05) is 80.6 Å². The van der Waals surface area contributed by atoms with E-state index in [-0.39, 0.29) is 41.9 Å². The molecule has 4 aliphatic rings. The van der Waals surface area contributed by atoms with Gasteiger partial charge in [0.2, 0.25) is 6.10 Å². The number of esters is 4. The minimum atomic E-state index is -2.45. The third-order valence-corrected chi connectivity index (χ3v) is 13.9. The number of nitrogens with one attached hydrogen (secondary N) is 1. The molecule has 0 aromatic heterocycles. The number of carbonyl (C=O) groups excluding carboxylic acids is 7. The summed E-state index contributed by atoms with van der Waals surface area (Å²) in [6.07, 6.45) is -12.0. The molecule has 1 saturated heterocycles. The molecule has 356 valence electrons. The third kappa shape index (κ3) is 8.59. The molecular formula is C50H55NO16. The van der Waals surface area contributed by atoms with Crippen LogP contribution in [0.3, 0.4) is 0 Å². The Hall–Kier alpha value is -6.43. The van der Waals surface area contributed by atoms with E-state index in [9.17, 15) is 39.0 Å². The molecule has 1 heterocycles. The number of fused-ring (bicyclic) bond motifs is 5. The number of carbonyl (C=O) groups is 7. The maximum atomic E-state index is 15.6. The summed E-state index contributed by atoms with van der Waals surface area (Å²) in [5.74, 6) is -7.04. The van der Waals surface area contributed by atoms with Crippen LogP contribution in [0.2, 0.25) is 0 Å². The van der Waals surface area contributed by atoms with Crippen LogP contribution in [0, 0.1) is 16.7 Å². The lowest BCUT2D eigenvalue weighted by atomic mass is 9.44. The van der Waals surface area contributed by atoms with Gasteiger partial charge in [0, 0.05) is 37.7 Å². The lowest BCUT2D eigenvalue weighted by molar-refractivity contribution is -0.346. The first kappa shape index (κ1) is 48.5. The second kappa shape index (κ2) is 18.7. The molecule has 3 N–H and O–H groups in total. The fourth-order valence-corrected chi connectivity index (χ4v) is 10.5. The number of hydrogen-bond acceptors (Lipinski definition) is 16. The summed E-state index contributed by atoms with van der Waals surface area (Å²) >= 11 is 0. The van der Waals surface area contributed by atoms with E-state index in [1.165, 1.54) is 32.9 Å². The molecule has 1 aliphatic heterocycles. The number of ketones is 1. The van der Waals surface area contributed by atoms with E-state index in [0.29, 0.717) is 5.56 Å². The number of aliphatic hydroxyl groups is 2. The van der Waals surface area contributed by atoms with Crippen molar-refractivity contribution in [3.63, 3.8) is 0 Å². The Kier molecular flexibility index (Phi) is 13.5. The molecule has 3 fully saturated rings. The molecule has 17 nitrogen and oxygen atoms in total. The third-order valence-electron chi connectivity index (χ3n) is 13.9. The predicted octanol–water partition coefficient (Wildman–Crippen LogP) is 4.92. The number of ether oxygens (including phenoxy) is 7. The molecular weight excluding hydrogens is 871 g/mol. The zero-order valence-corrected chi connectivity index (χ0v) is 38.2. The van der Waals surface area contributed by atoms with Crippen molar-refractivity contribution in [1.29, 1.82) is 0 Å². The Morgan fingerprint density at radius 2 is 1.43 bits per heavy atom. The van der Waals surface area contributed by atoms with Crippen LogP contribution in [0.5, 0.6) is 0 Å². The van der Waals surface area contributed by atoms with Gasteiger partial charge >= 0.3 is 30.0 Å². The lowest BCUT2D eigenvalue weighted by Crippen LogP contribution is -2.82. The van der Waals surface area contributed by atoms with Gasteiger partial charge in [-0.2, -0.15) is 0 Å². The quantitative estimate of drug-likeness (QED) is 0.124. The summed E-state index contributed by atoms with van der Waals surface area (Å²) in [5.41, 5.74) is -7.41. The minimum absolute atomic E-state index is 0.0414. The van der Waals surface area contributed by atoms with Crippen molar-refractivity contribution in [2.45, 2.75) is 115 Å². The van der Waals surface area contributed by atoms with Crippen molar-refractivity contribution in [3.05, 3.63) is 119 Å². The highest BCUT2D eigenvalue weighted by Crippen LogP contribution is 2.64. The van der Waals surface area contributed by atoms with Crippen LogP contribution in [-0.4, -0.2) is 113 Å². The zero-order valence-electron chi connectivity index (χ0n) is 38.2. The Labute approximate surface area is 387 Å². The number of aliphatic hydroxyl groups excluding tert-OH is 1. The number of amides is 1. The normalized spacial score (nSPS) is 30.2. The van der Waals surface area contributed by atoms with Crippen LogP contribution in [0.15, 0.2) is 102 Å². The van der Waals surface area contributed by atoms with Crippen LogP contribution < -0.4 is 5.32 Å². The van der Waals surface area contributed by atoms with E-state index >= 15 is 4.79 Å². The maximum Gasteiger partial charge on any atom is 0.509 e. The highest BCUT2D eigenvalue weighted by atomic mass is 16.7. The van der Waals surface area contributed by atoms with Crippen LogP contribution in [0.1, 0.15) is 93.6 Å². The van der Waals surface area contributed by atoms with E-state index < -0.39 is 119 Å². The number of rotatable bonds is 12. The maximum absolute atomic E-state index is 15.6. The highest BCUT2D eigenvalue weighted by Gasteiger charge is 2.78. The molecule has 11 atom stereocenters. The Balaban J connectivity index is 1.42. The number of benzene rings is 3. The average Bonchev–Trinajstić information content (AvgIpc) is 3.29. The first-order valence-electron chi connectivity index (χ1n) is 22.1. The van der Waals surface area contributed by atoms with Gasteiger partial charge in [0.1, 0.15) is 30.0 Å². The fraction of sp³-hybridized carbons (Fsp3) is 0.460. The molecule has 3 aromatic carbocycles. The first-order valence-corrected chi connectivity index (χ1v) is 22.1. The second-order valence-corrected chi connectivity index (χ2v) is 18.1. The van der Waals surface area contributed by atoms with Gasteiger partial charge in [0.15, 0.2) is 17.5 Å². The molecule has 0 spiro atoms. The van der Waals surface area contributed by atoms with Gasteiger partial charge in [0.25, 0.3) is 5.91 Å². The van der Waals surface area contributed by atoms with E-state index in [1.54, 1.807) is 92.7 Å². The average molecular weight is 926 g/mol. The molecule has 1 amide bonds. The van der Waals surface area contributed by atoms with Gasteiger partial charge in [-0.05, 0) is 61.7 Å². The van der Waals surface area contributed by atoms with E-state index in [0.717, 1.165) is 13.8 Å². The second-order valence-electron chi connectivity index (χ2n) is 18.1. The van der Waals surface area contributed by atoms with E-state index in [2.05, 4.69) is 5.32 Å². The summed E-state index contributed by atoms with van der Waals surface area (Å²) in [7, 11) is 0. The SMILES string of the molecule is CCOC(=O)O[C@@H](C(=O)O[C@H]1C[C@@]2(O)[C@@H](OC(=O)c3ccccc3)[C@H]3[C@](C)(C(=O)[C@H](OC(C)=O)C(=C1C)C2(C)C)[C@@H](O)CC1OC[C@]13OC(C)=O)[C@@H](NC(=O)c1ccccc1)c1ccccc1. The first-order chi connectivity index (χ1) is 31.7. The molecule has 67 heavy (non-hydrogen) atoms. The Bertz CT molecular complexity index is 2440. The summed E-state index contributed by atoms with van der Waals surface area (Å²) in [6, 6.07) is 22.6. The summed E-state index contributed by atoms with van der Waals surface area (Å²) < 4.78 is 41.4. The van der Waals surface area contributed by atoms with Crippen molar-refractivity contribution in [2.24, 2.45) is 16.7 Å². The molecule has 3 aromatic rings. The summed E-state index contributed by atoms with van der Waals surface area (Å²) in [6.45, 7) is 9.23. The standard InChI is InChI=1S/C50H55NO16/c1-8-61-46(59)65-39(37(30-18-12-9-13-19-30)51-43(56)31-20-14-10-15-21-31)45(58)64-33-25-50(60)42(66-44(57)32-22-16-11-17-23-32)40-48(7,34(54)24-35-49(40,26-62-35)67-29(4)53)41(55)38(63-28(3)52)36(27(33)2)47(50,5)6/h9-23,33-35,37-40,42,54,60H,8,24-26H2,1-7H3,(H,51,56)/t33-,34-,35?,37-,38+,39+,40-,42-,48+,49-,50+/m0/s1. The van der Waals surface area contributed by atoms with Gasteiger partial charge < -0.3 is 48.7 Å². The minimum Gasteiger partial charge on any atom is -0.455 e. The largest absolute Gasteiger partial charge is 0.509 e. The van der Waals surface area contributed by atoms with Gasteiger partial charge in [-0.3, -0.25) is 19.2 Å². The number of hydrogen-bond donors (Lipinski definition) is 3. The molecule has 1 unspecified atom stereocenters. The van der Waals surface area contributed by atoms with Crippen LogP contribution >= 0.6 is 0 Å².